The molecule has 0 spiro atoms. The van der Waals surface area contributed by atoms with Gasteiger partial charge in [0, 0.05) is 36.4 Å². The molecule has 3 rings (SSSR count). The van der Waals surface area contributed by atoms with E-state index in [0.717, 1.165) is 36.3 Å². The number of para-hydroxylation sites is 1. The Balaban J connectivity index is 1.82. The number of carbonyl (C=O) groups is 2. The molecule has 1 aliphatic rings. The van der Waals surface area contributed by atoms with Crippen molar-refractivity contribution < 1.29 is 9.59 Å². The van der Waals surface area contributed by atoms with E-state index in [9.17, 15) is 9.59 Å². The lowest BCUT2D eigenvalue weighted by atomic mass is 10.1. The Labute approximate surface area is 149 Å². The van der Waals surface area contributed by atoms with E-state index in [-0.39, 0.29) is 11.8 Å². The molecule has 0 radical (unpaired) electrons. The SMILES string of the molecule is CCN(C(=O)c1ccc(N2CCCCC2=O)cc1)c1ccccc1C. The first-order valence-electron chi connectivity index (χ1n) is 8.89. The number of rotatable bonds is 4. The van der Waals surface area contributed by atoms with Crippen molar-refractivity contribution in [1.82, 2.24) is 0 Å². The molecule has 1 saturated heterocycles. The van der Waals surface area contributed by atoms with Crippen molar-refractivity contribution in [3.63, 3.8) is 0 Å². The summed E-state index contributed by atoms with van der Waals surface area (Å²) in [5.41, 5.74) is 3.53. The summed E-state index contributed by atoms with van der Waals surface area (Å²) in [6.45, 7) is 5.36. The minimum absolute atomic E-state index is 0.0201. The molecule has 25 heavy (non-hydrogen) atoms. The Morgan fingerprint density at radius 1 is 1.08 bits per heavy atom. The lowest BCUT2D eigenvalue weighted by Gasteiger charge is -2.27. The Bertz CT molecular complexity index is 768. The predicted molar refractivity (Wildman–Crippen MR) is 101 cm³/mol. The van der Waals surface area contributed by atoms with Gasteiger partial charge in [0.1, 0.15) is 0 Å². The molecule has 1 fully saturated rings. The van der Waals surface area contributed by atoms with Crippen LogP contribution in [0.1, 0.15) is 42.1 Å². The second-order valence-corrected chi connectivity index (χ2v) is 6.39. The van der Waals surface area contributed by atoms with Crippen LogP contribution in [0.15, 0.2) is 48.5 Å². The number of anilines is 2. The highest BCUT2D eigenvalue weighted by Gasteiger charge is 2.21. The molecule has 2 amide bonds. The van der Waals surface area contributed by atoms with E-state index >= 15 is 0 Å². The van der Waals surface area contributed by atoms with Gasteiger partial charge in [0.05, 0.1) is 0 Å². The predicted octanol–water partition coefficient (Wildman–Crippen LogP) is 4.18. The van der Waals surface area contributed by atoms with E-state index in [1.54, 1.807) is 4.90 Å². The van der Waals surface area contributed by atoms with E-state index in [1.807, 2.05) is 67.3 Å². The first-order valence-corrected chi connectivity index (χ1v) is 8.89. The molecule has 1 aliphatic heterocycles. The number of aryl methyl sites for hydroxylation is 1. The number of carbonyl (C=O) groups excluding carboxylic acids is 2. The van der Waals surface area contributed by atoms with E-state index in [2.05, 4.69) is 0 Å². The maximum absolute atomic E-state index is 12.9. The average molecular weight is 336 g/mol. The average Bonchev–Trinajstić information content (AvgIpc) is 2.64. The molecule has 0 unspecified atom stereocenters. The van der Waals surface area contributed by atoms with Crippen LogP contribution in [0.25, 0.3) is 0 Å². The molecule has 0 atom stereocenters. The van der Waals surface area contributed by atoms with Crippen LogP contribution < -0.4 is 9.80 Å². The third-order valence-electron chi connectivity index (χ3n) is 4.72. The number of hydrogen-bond acceptors (Lipinski definition) is 2. The number of nitrogens with zero attached hydrogens (tertiary/aromatic N) is 2. The van der Waals surface area contributed by atoms with E-state index in [0.29, 0.717) is 18.5 Å². The van der Waals surface area contributed by atoms with Gasteiger partial charge in [-0.2, -0.15) is 0 Å². The van der Waals surface area contributed by atoms with Crippen LogP contribution in [-0.4, -0.2) is 24.9 Å². The van der Waals surface area contributed by atoms with Gasteiger partial charge in [0.25, 0.3) is 5.91 Å². The smallest absolute Gasteiger partial charge is 0.258 e. The molecule has 0 bridgehead atoms. The molecule has 4 nitrogen and oxygen atoms in total. The van der Waals surface area contributed by atoms with Gasteiger partial charge in [0.15, 0.2) is 0 Å². The van der Waals surface area contributed by atoms with Gasteiger partial charge in [-0.1, -0.05) is 18.2 Å². The van der Waals surface area contributed by atoms with Gasteiger partial charge in [-0.15, -0.1) is 0 Å². The third-order valence-corrected chi connectivity index (χ3v) is 4.72. The van der Waals surface area contributed by atoms with Gasteiger partial charge in [-0.25, -0.2) is 0 Å². The third kappa shape index (κ3) is 3.58. The Morgan fingerprint density at radius 3 is 2.44 bits per heavy atom. The van der Waals surface area contributed by atoms with E-state index < -0.39 is 0 Å². The standard InChI is InChI=1S/C21H24N2O2/c1-3-22(19-9-5-4-8-16(19)2)21(25)17-11-13-18(14-12-17)23-15-7-6-10-20(23)24/h4-5,8-9,11-14H,3,6-7,10,15H2,1-2H3. The number of benzene rings is 2. The first-order chi connectivity index (χ1) is 12.1. The number of hydrogen-bond donors (Lipinski definition) is 0. The number of piperidine rings is 1. The number of amides is 2. The normalized spacial score (nSPS) is 14.5. The molecule has 0 aromatic heterocycles. The highest BCUT2D eigenvalue weighted by molar-refractivity contribution is 6.06. The maximum Gasteiger partial charge on any atom is 0.258 e. The summed E-state index contributed by atoms with van der Waals surface area (Å²) in [5, 5.41) is 0. The summed E-state index contributed by atoms with van der Waals surface area (Å²) in [7, 11) is 0. The van der Waals surface area contributed by atoms with Gasteiger partial charge >= 0.3 is 0 Å². The Morgan fingerprint density at radius 2 is 1.80 bits per heavy atom. The zero-order chi connectivity index (χ0) is 17.8. The fraction of sp³-hybridized carbons (Fsp3) is 0.333. The van der Waals surface area contributed by atoms with Crippen LogP contribution in [0.3, 0.4) is 0 Å². The quantitative estimate of drug-likeness (QED) is 0.840. The van der Waals surface area contributed by atoms with Crippen LogP contribution in [-0.2, 0) is 4.79 Å². The fourth-order valence-electron chi connectivity index (χ4n) is 3.31. The van der Waals surface area contributed by atoms with Gasteiger partial charge < -0.3 is 9.80 Å². The largest absolute Gasteiger partial charge is 0.312 e. The summed E-state index contributed by atoms with van der Waals surface area (Å²) < 4.78 is 0. The highest BCUT2D eigenvalue weighted by atomic mass is 16.2. The minimum Gasteiger partial charge on any atom is -0.312 e. The van der Waals surface area contributed by atoms with Crippen LogP contribution in [0.2, 0.25) is 0 Å². The zero-order valence-corrected chi connectivity index (χ0v) is 14.9. The minimum atomic E-state index is -0.0201. The summed E-state index contributed by atoms with van der Waals surface area (Å²) in [6, 6.07) is 15.3. The monoisotopic (exact) mass is 336 g/mol. The zero-order valence-electron chi connectivity index (χ0n) is 14.9. The van der Waals surface area contributed by atoms with Gasteiger partial charge in [-0.3, -0.25) is 9.59 Å². The van der Waals surface area contributed by atoms with Crippen molar-refractivity contribution in [3.8, 4) is 0 Å². The highest BCUT2D eigenvalue weighted by Crippen LogP contribution is 2.24. The van der Waals surface area contributed by atoms with Crippen LogP contribution in [0.4, 0.5) is 11.4 Å². The second kappa shape index (κ2) is 7.51. The van der Waals surface area contributed by atoms with Crippen molar-refractivity contribution in [2.45, 2.75) is 33.1 Å². The summed E-state index contributed by atoms with van der Waals surface area (Å²) >= 11 is 0. The Hall–Kier alpha value is -2.62. The molecular formula is C21H24N2O2. The second-order valence-electron chi connectivity index (χ2n) is 6.39. The molecule has 2 aromatic rings. The van der Waals surface area contributed by atoms with Gasteiger partial charge in [-0.05, 0) is 62.6 Å². The van der Waals surface area contributed by atoms with E-state index in [1.165, 1.54) is 0 Å². The lowest BCUT2D eigenvalue weighted by molar-refractivity contribution is -0.119. The van der Waals surface area contributed by atoms with Crippen molar-refractivity contribution >= 4 is 23.2 Å². The fourth-order valence-corrected chi connectivity index (χ4v) is 3.31. The van der Waals surface area contributed by atoms with Crippen molar-refractivity contribution in [2.24, 2.45) is 0 Å². The molecule has 0 saturated carbocycles. The maximum atomic E-state index is 12.9. The molecule has 0 N–H and O–H groups in total. The lowest BCUT2D eigenvalue weighted by Crippen LogP contribution is -2.35. The summed E-state index contributed by atoms with van der Waals surface area (Å²) in [4.78, 5) is 28.6. The molecule has 2 aromatic carbocycles. The van der Waals surface area contributed by atoms with Crippen molar-refractivity contribution in [1.29, 1.82) is 0 Å². The van der Waals surface area contributed by atoms with Crippen LogP contribution in [0.5, 0.6) is 0 Å². The molecule has 0 aliphatic carbocycles. The molecule has 130 valence electrons. The molecule has 1 heterocycles. The molecule has 4 heteroatoms. The van der Waals surface area contributed by atoms with Crippen molar-refractivity contribution in [3.05, 3.63) is 59.7 Å². The summed E-state index contributed by atoms with van der Waals surface area (Å²) in [6.07, 6.45) is 2.61. The molecular weight excluding hydrogens is 312 g/mol. The first kappa shape index (κ1) is 17.2. The van der Waals surface area contributed by atoms with Crippen LogP contribution in [0, 0.1) is 6.92 Å². The van der Waals surface area contributed by atoms with E-state index in [4.69, 9.17) is 0 Å². The van der Waals surface area contributed by atoms with Crippen molar-refractivity contribution in [2.75, 3.05) is 22.9 Å². The topological polar surface area (TPSA) is 40.6 Å². The van der Waals surface area contributed by atoms with Gasteiger partial charge in [0.2, 0.25) is 5.91 Å². The summed E-state index contributed by atoms with van der Waals surface area (Å²) in [5.74, 6) is 0.147. The Kier molecular flexibility index (Phi) is 5.17. The van der Waals surface area contributed by atoms with Crippen LogP contribution >= 0.6 is 0 Å².